The van der Waals surface area contributed by atoms with Crippen LogP contribution < -0.4 is 5.32 Å². The summed E-state index contributed by atoms with van der Waals surface area (Å²) in [6.07, 6.45) is 2.00. The number of nitrogens with zero attached hydrogens (tertiary/aromatic N) is 2. The summed E-state index contributed by atoms with van der Waals surface area (Å²) < 4.78 is 2.02. The first-order chi connectivity index (χ1) is 9.54. The lowest BCUT2D eigenvalue weighted by atomic mass is 10.1. The first kappa shape index (κ1) is 14.6. The zero-order valence-corrected chi connectivity index (χ0v) is 12.7. The number of nitrogens with one attached hydrogen (secondary N) is 1. The third-order valence-corrected chi connectivity index (χ3v) is 3.74. The molecule has 0 atom stereocenters. The molecule has 0 saturated heterocycles. The van der Waals surface area contributed by atoms with Gasteiger partial charge in [-0.25, -0.2) is 0 Å². The second-order valence-corrected chi connectivity index (χ2v) is 5.42. The van der Waals surface area contributed by atoms with Gasteiger partial charge in [-0.3, -0.25) is 4.79 Å². The van der Waals surface area contributed by atoms with Crippen molar-refractivity contribution in [3.63, 3.8) is 0 Å². The van der Waals surface area contributed by atoms with Crippen LogP contribution in [-0.2, 0) is 17.9 Å². The lowest BCUT2D eigenvalue weighted by Gasteiger charge is -2.21. The average Bonchev–Trinajstić information content (AvgIpc) is 2.82. The molecule has 0 aliphatic heterocycles. The summed E-state index contributed by atoms with van der Waals surface area (Å²) in [5.41, 5.74) is 2.37. The van der Waals surface area contributed by atoms with E-state index in [4.69, 9.17) is 0 Å². The van der Waals surface area contributed by atoms with Gasteiger partial charge in [0.2, 0.25) is 5.91 Å². The van der Waals surface area contributed by atoms with Crippen LogP contribution in [-0.4, -0.2) is 35.5 Å². The Balaban J connectivity index is 2.28. The molecule has 0 bridgehead atoms. The van der Waals surface area contributed by atoms with E-state index in [2.05, 4.69) is 23.5 Å². The first-order valence-corrected chi connectivity index (χ1v) is 7.01. The molecule has 108 valence electrons. The largest absolute Gasteiger partial charge is 0.342 e. The number of amides is 1. The van der Waals surface area contributed by atoms with Gasteiger partial charge >= 0.3 is 0 Å². The number of aromatic nitrogens is 1. The Morgan fingerprint density at radius 3 is 2.75 bits per heavy atom. The standard InChI is InChI=1S/C16H23N3O/c1-12(2)18(4)16(20)11-19-9-8-14-13(10-17-3)6-5-7-15(14)19/h5-9,12,17H,10-11H2,1-4H3. The van der Waals surface area contributed by atoms with Crippen LogP contribution in [0.15, 0.2) is 30.5 Å². The summed E-state index contributed by atoms with van der Waals surface area (Å²) >= 11 is 0. The van der Waals surface area contributed by atoms with E-state index in [0.29, 0.717) is 6.54 Å². The van der Waals surface area contributed by atoms with Crippen molar-refractivity contribution < 1.29 is 4.79 Å². The van der Waals surface area contributed by atoms with Crippen LogP contribution >= 0.6 is 0 Å². The third-order valence-electron chi connectivity index (χ3n) is 3.74. The Morgan fingerprint density at radius 1 is 1.35 bits per heavy atom. The lowest BCUT2D eigenvalue weighted by molar-refractivity contribution is -0.131. The SMILES string of the molecule is CNCc1cccc2c1ccn2CC(=O)N(C)C(C)C. The minimum Gasteiger partial charge on any atom is -0.342 e. The summed E-state index contributed by atoms with van der Waals surface area (Å²) in [5, 5.41) is 4.38. The van der Waals surface area contributed by atoms with Gasteiger partial charge < -0.3 is 14.8 Å². The number of likely N-dealkylation sites (N-methyl/N-ethyl adjacent to an activating group) is 1. The van der Waals surface area contributed by atoms with Crippen LogP contribution in [0.2, 0.25) is 0 Å². The van der Waals surface area contributed by atoms with Crippen molar-refractivity contribution in [3.8, 4) is 0 Å². The number of fused-ring (bicyclic) bond motifs is 1. The minimum absolute atomic E-state index is 0.136. The molecule has 1 N–H and O–H groups in total. The first-order valence-electron chi connectivity index (χ1n) is 7.01. The molecule has 0 saturated carbocycles. The summed E-state index contributed by atoms with van der Waals surface area (Å²) in [4.78, 5) is 14.0. The fourth-order valence-electron chi connectivity index (χ4n) is 2.31. The fraction of sp³-hybridized carbons (Fsp3) is 0.438. The highest BCUT2D eigenvalue weighted by molar-refractivity contribution is 5.85. The van der Waals surface area contributed by atoms with E-state index in [0.717, 1.165) is 12.1 Å². The highest BCUT2D eigenvalue weighted by Gasteiger charge is 2.14. The van der Waals surface area contributed by atoms with E-state index in [1.165, 1.54) is 10.9 Å². The monoisotopic (exact) mass is 273 g/mol. The number of rotatable bonds is 5. The topological polar surface area (TPSA) is 37.3 Å². The Hall–Kier alpha value is -1.81. The highest BCUT2D eigenvalue weighted by atomic mass is 16.2. The summed E-state index contributed by atoms with van der Waals surface area (Å²) in [7, 11) is 3.79. The van der Waals surface area contributed by atoms with Crippen LogP contribution in [0.25, 0.3) is 10.9 Å². The molecular formula is C16H23N3O. The molecular weight excluding hydrogens is 250 g/mol. The van der Waals surface area contributed by atoms with Gasteiger partial charge in [-0.15, -0.1) is 0 Å². The quantitative estimate of drug-likeness (QED) is 0.907. The van der Waals surface area contributed by atoms with E-state index < -0.39 is 0 Å². The van der Waals surface area contributed by atoms with Crippen molar-refractivity contribution >= 4 is 16.8 Å². The molecule has 0 unspecified atom stereocenters. The molecule has 1 amide bonds. The Kier molecular flexibility index (Phi) is 4.45. The van der Waals surface area contributed by atoms with Crippen LogP contribution in [0.3, 0.4) is 0 Å². The minimum atomic E-state index is 0.136. The molecule has 1 aromatic carbocycles. The van der Waals surface area contributed by atoms with Crippen molar-refractivity contribution in [1.82, 2.24) is 14.8 Å². The van der Waals surface area contributed by atoms with Crippen molar-refractivity contribution in [3.05, 3.63) is 36.0 Å². The molecule has 2 rings (SSSR count). The normalized spacial score (nSPS) is 11.2. The van der Waals surface area contributed by atoms with Gasteiger partial charge in [0.25, 0.3) is 0 Å². The smallest absolute Gasteiger partial charge is 0.242 e. The molecule has 4 heteroatoms. The van der Waals surface area contributed by atoms with Gasteiger partial charge in [-0.2, -0.15) is 0 Å². The van der Waals surface area contributed by atoms with Crippen molar-refractivity contribution in [1.29, 1.82) is 0 Å². The van der Waals surface area contributed by atoms with Crippen molar-refractivity contribution in [2.75, 3.05) is 14.1 Å². The molecule has 2 aromatic rings. The number of carbonyl (C=O) groups is 1. The maximum Gasteiger partial charge on any atom is 0.242 e. The number of hydrogen-bond donors (Lipinski definition) is 1. The fourth-order valence-corrected chi connectivity index (χ4v) is 2.31. The summed E-state index contributed by atoms with van der Waals surface area (Å²) in [6.45, 7) is 5.27. The number of hydrogen-bond acceptors (Lipinski definition) is 2. The molecule has 0 aliphatic rings. The molecule has 1 heterocycles. The average molecular weight is 273 g/mol. The van der Waals surface area contributed by atoms with Crippen LogP contribution in [0.1, 0.15) is 19.4 Å². The van der Waals surface area contributed by atoms with E-state index >= 15 is 0 Å². The zero-order valence-electron chi connectivity index (χ0n) is 12.7. The van der Waals surface area contributed by atoms with Gasteiger partial charge in [-0.05, 0) is 38.6 Å². The van der Waals surface area contributed by atoms with Crippen LogP contribution in [0.4, 0.5) is 0 Å². The lowest BCUT2D eigenvalue weighted by Crippen LogP contribution is -2.35. The van der Waals surface area contributed by atoms with Gasteiger partial charge in [0.15, 0.2) is 0 Å². The molecule has 20 heavy (non-hydrogen) atoms. The molecule has 0 spiro atoms. The molecule has 0 radical (unpaired) electrons. The second-order valence-electron chi connectivity index (χ2n) is 5.42. The maximum atomic E-state index is 12.2. The van der Waals surface area contributed by atoms with E-state index in [9.17, 15) is 4.79 Å². The molecule has 0 aliphatic carbocycles. The van der Waals surface area contributed by atoms with Gasteiger partial charge in [0.1, 0.15) is 6.54 Å². The highest BCUT2D eigenvalue weighted by Crippen LogP contribution is 2.20. The van der Waals surface area contributed by atoms with Gasteiger partial charge in [0, 0.05) is 36.7 Å². The molecule has 0 fully saturated rings. The Labute approximate surface area is 120 Å². The maximum absolute atomic E-state index is 12.2. The summed E-state index contributed by atoms with van der Waals surface area (Å²) in [5.74, 6) is 0.136. The van der Waals surface area contributed by atoms with Crippen LogP contribution in [0, 0.1) is 0 Å². The van der Waals surface area contributed by atoms with Crippen molar-refractivity contribution in [2.24, 2.45) is 0 Å². The Bertz CT molecular complexity index is 601. The van der Waals surface area contributed by atoms with E-state index in [1.807, 2.05) is 44.8 Å². The predicted molar refractivity (Wildman–Crippen MR) is 82.6 cm³/mol. The van der Waals surface area contributed by atoms with Crippen LogP contribution in [0.5, 0.6) is 0 Å². The number of carbonyl (C=O) groups excluding carboxylic acids is 1. The predicted octanol–water partition coefficient (Wildman–Crippen LogP) is 2.23. The third kappa shape index (κ3) is 2.85. The second kappa shape index (κ2) is 6.09. The summed E-state index contributed by atoms with van der Waals surface area (Å²) in [6, 6.07) is 8.54. The van der Waals surface area contributed by atoms with Gasteiger partial charge in [-0.1, -0.05) is 12.1 Å². The van der Waals surface area contributed by atoms with Crippen molar-refractivity contribution in [2.45, 2.75) is 33.0 Å². The zero-order chi connectivity index (χ0) is 14.7. The Morgan fingerprint density at radius 2 is 2.10 bits per heavy atom. The van der Waals surface area contributed by atoms with E-state index in [1.54, 1.807) is 4.90 Å². The molecule has 1 aromatic heterocycles. The van der Waals surface area contributed by atoms with Gasteiger partial charge in [0.05, 0.1) is 0 Å². The van der Waals surface area contributed by atoms with E-state index in [-0.39, 0.29) is 11.9 Å². The number of benzene rings is 1. The molecule has 4 nitrogen and oxygen atoms in total.